The van der Waals surface area contributed by atoms with Crippen LogP contribution in [-0.2, 0) is 4.79 Å². The van der Waals surface area contributed by atoms with E-state index in [1.54, 1.807) is 0 Å². The zero-order valence-corrected chi connectivity index (χ0v) is 12.5. The van der Waals surface area contributed by atoms with Crippen LogP contribution in [0.15, 0.2) is 24.3 Å². The lowest BCUT2D eigenvalue weighted by Crippen LogP contribution is -2.40. The minimum absolute atomic E-state index is 0.116. The van der Waals surface area contributed by atoms with Crippen molar-refractivity contribution in [2.45, 2.75) is 52.1 Å². The highest BCUT2D eigenvalue weighted by atomic mass is 16.3. The predicted molar refractivity (Wildman–Crippen MR) is 80.3 cm³/mol. The fourth-order valence-electron chi connectivity index (χ4n) is 3.24. The minimum atomic E-state index is -0.629. The summed E-state index contributed by atoms with van der Waals surface area (Å²) in [4.78, 5) is 12.4. The van der Waals surface area contributed by atoms with Crippen LogP contribution in [0.2, 0.25) is 0 Å². The molecule has 1 amide bonds. The van der Waals surface area contributed by atoms with Gasteiger partial charge in [-0.05, 0) is 37.3 Å². The molecular weight excluding hydrogens is 250 g/mol. The fourth-order valence-corrected chi connectivity index (χ4v) is 3.24. The average molecular weight is 275 g/mol. The van der Waals surface area contributed by atoms with E-state index in [4.69, 9.17) is 0 Å². The molecule has 110 valence electrons. The third-order valence-corrected chi connectivity index (χ3v) is 4.72. The standard InChI is InChI=1S/C17H25NO2/c1-3-17(10-6-7-11-17)16(20)18-12-15(19)14-9-5-4-8-13(14)2/h4-5,8-9,15,19H,3,6-7,10-12H2,1-2H3,(H,18,20). The van der Waals surface area contributed by atoms with Crippen molar-refractivity contribution in [1.82, 2.24) is 5.32 Å². The normalized spacial score (nSPS) is 18.8. The van der Waals surface area contributed by atoms with E-state index < -0.39 is 6.10 Å². The molecule has 0 heterocycles. The van der Waals surface area contributed by atoms with E-state index in [9.17, 15) is 9.90 Å². The van der Waals surface area contributed by atoms with E-state index in [0.717, 1.165) is 43.2 Å². The molecule has 20 heavy (non-hydrogen) atoms. The van der Waals surface area contributed by atoms with E-state index in [1.165, 1.54) is 0 Å². The minimum Gasteiger partial charge on any atom is -0.387 e. The van der Waals surface area contributed by atoms with Crippen LogP contribution in [0.4, 0.5) is 0 Å². The number of carbonyl (C=O) groups is 1. The third kappa shape index (κ3) is 3.04. The van der Waals surface area contributed by atoms with Crippen LogP contribution in [-0.4, -0.2) is 17.6 Å². The number of aliphatic hydroxyl groups is 1. The van der Waals surface area contributed by atoms with Crippen molar-refractivity contribution < 1.29 is 9.90 Å². The molecule has 3 heteroatoms. The van der Waals surface area contributed by atoms with Crippen LogP contribution in [0.5, 0.6) is 0 Å². The molecule has 3 nitrogen and oxygen atoms in total. The van der Waals surface area contributed by atoms with Gasteiger partial charge in [0.1, 0.15) is 0 Å². The van der Waals surface area contributed by atoms with Crippen LogP contribution in [0.3, 0.4) is 0 Å². The topological polar surface area (TPSA) is 49.3 Å². The molecule has 0 aliphatic heterocycles. The summed E-state index contributed by atoms with van der Waals surface area (Å²) < 4.78 is 0. The van der Waals surface area contributed by atoms with E-state index in [1.807, 2.05) is 31.2 Å². The van der Waals surface area contributed by atoms with Gasteiger partial charge in [-0.2, -0.15) is 0 Å². The number of aryl methyl sites for hydroxylation is 1. The third-order valence-electron chi connectivity index (χ3n) is 4.72. The number of carbonyl (C=O) groups excluding carboxylic acids is 1. The van der Waals surface area contributed by atoms with Crippen LogP contribution < -0.4 is 5.32 Å². The highest BCUT2D eigenvalue weighted by Gasteiger charge is 2.39. The number of nitrogens with one attached hydrogen (secondary N) is 1. The molecule has 1 fully saturated rings. The summed E-state index contributed by atoms with van der Waals surface area (Å²) in [5.41, 5.74) is 1.76. The SMILES string of the molecule is CCC1(C(=O)NCC(O)c2ccccc2C)CCCC1. The Morgan fingerprint density at radius 1 is 1.35 bits per heavy atom. The van der Waals surface area contributed by atoms with Crippen LogP contribution >= 0.6 is 0 Å². The number of hydrogen-bond acceptors (Lipinski definition) is 2. The van der Waals surface area contributed by atoms with E-state index in [-0.39, 0.29) is 11.3 Å². The Balaban J connectivity index is 1.95. The second-order valence-electron chi connectivity index (χ2n) is 5.92. The van der Waals surface area contributed by atoms with Crippen molar-refractivity contribution in [3.8, 4) is 0 Å². The molecule has 0 bridgehead atoms. The second-order valence-corrected chi connectivity index (χ2v) is 5.92. The molecule has 1 aromatic carbocycles. The smallest absolute Gasteiger partial charge is 0.226 e. The molecule has 1 atom stereocenters. The molecule has 2 N–H and O–H groups in total. The van der Waals surface area contributed by atoms with Crippen LogP contribution in [0, 0.1) is 12.3 Å². The number of benzene rings is 1. The summed E-state index contributed by atoms with van der Waals surface area (Å²) >= 11 is 0. The number of rotatable bonds is 5. The van der Waals surface area contributed by atoms with Gasteiger partial charge in [-0.25, -0.2) is 0 Å². The lowest BCUT2D eigenvalue weighted by atomic mass is 9.82. The molecule has 2 rings (SSSR count). The van der Waals surface area contributed by atoms with Crippen molar-refractivity contribution in [3.63, 3.8) is 0 Å². The maximum atomic E-state index is 12.4. The van der Waals surface area contributed by atoms with Crippen molar-refractivity contribution in [1.29, 1.82) is 0 Å². The molecule has 1 aliphatic carbocycles. The first-order chi connectivity index (χ1) is 9.59. The average Bonchev–Trinajstić information content (AvgIpc) is 2.95. The molecule has 0 spiro atoms. The zero-order valence-electron chi connectivity index (χ0n) is 12.5. The molecule has 1 saturated carbocycles. The number of amides is 1. The monoisotopic (exact) mass is 275 g/mol. The van der Waals surface area contributed by atoms with Crippen molar-refractivity contribution in [2.24, 2.45) is 5.41 Å². The first-order valence-corrected chi connectivity index (χ1v) is 7.61. The molecule has 1 aliphatic rings. The number of hydrogen-bond donors (Lipinski definition) is 2. The summed E-state index contributed by atoms with van der Waals surface area (Å²) in [6.45, 7) is 4.36. The Hall–Kier alpha value is -1.35. The van der Waals surface area contributed by atoms with E-state index in [2.05, 4.69) is 12.2 Å². The van der Waals surface area contributed by atoms with Gasteiger partial charge in [0, 0.05) is 12.0 Å². The van der Waals surface area contributed by atoms with Gasteiger partial charge in [0.15, 0.2) is 0 Å². The van der Waals surface area contributed by atoms with Gasteiger partial charge in [0.25, 0.3) is 0 Å². The van der Waals surface area contributed by atoms with Gasteiger partial charge in [-0.3, -0.25) is 4.79 Å². The quantitative estimate of drug-likeness (QED) is 0.867. The van der Waals surface area contributed by atoms with Gasteiger partial charge in [0.05, 0.1) is 6.10 Å². The van der Waals surface area contributed by atoms with E-state index in [0.29, 0.717) is 6.54 Å². The lowest BCUT2D eigenvalue weighted by Gasteiger charge is -2.27. The van der Waals surface area contributed by atoms with Crippen LogP contribution in [0.25, 0.3) is 0 Å². The maximum Gasteiger partial charge on any atom is 0.226 e. The summed E-state index contributed by atoms with van der Waals surface area (Å²) in [5, 5.41) is 13.2. The van der Waals surface area contributed by atoms with E-state index >= 15 is 0 Å². The predicted octanol–water partition coefficient (Wildman–Crippen LogP) is 3.12. The Morgan fingerprint density at radius 2 is 2.00 bits per heavy atom. The van der Waals surface area contributed by atoms with Gasteiger partial charge in [0.2, 0.25) is 5.91 Å². The van der Waals surface area contributed by atoms with Crippen molar-refractivity contribution >= 4 is 5.91 Å². The zero-order chi connectivity index (χ0) is 14.6. The first-order valence-electron chi connectivity index (χ1n) is 7.61. The highest BCUT2D eigenvalue weighted by Crippen LogP contribution is 2.41. The Labute approximate surface area is 121 Å². The molecular formula is C17H25NO2. The molecule has 1 unspecified atom stereocenters. The molecule has 0 radical (unpaired) electrons. The molecule has 0 aromatic heterocycles. The molecule has 1 aromatic rings. The van der Waals surface area contributed by atoms with Gasteiger partial charge < -0.3 is 10.4 Å². The maximum absolute atomic E-state index is 12.4. The van der Waals surface area contributed by atoms with Gasteiger partial charge in [-0.1, -0.05) is 44.0 Å². The van der Waals surface area contributed by atoms with Crippen molar-refractivity contribution in [3.05, 3.63) is 35.4 Å². The van der Waals surface area contributed by atoms with Crippen molar-refractivity contribution in [2.75, 3.05) is 6.54 Å². The molecule has 0 saturated heterocycles. The summed E-state index contributed by atoms with van der Waals surface area (Å²) in [6, 6.07) is 7.76. The fraction of sp³-hybridized carbons (Fsp3) is 0.588. The first kappa shape index (κ1) is 15.0. The second kappa shape index (κ2) is 6.40. The number of aliphatic hydroxyl groups excluding tert-OH is 1. The Bertz CT molecular complexity index is 464. The van der Waals surface area contributed by atoms with Gasteiger partial charge in [-0.15, -0.1) is 0 Å². The summed E-state index contributed by atoms with van der Waals surface area (Å²) in [5.74, 6) is 0.116. The lowest BCUT2D eigenvalue weighted by molar-refractivity contribution is -0.131. The van der Waals surface area contributed by atoms with Crippen LogP contribution in [0.1, 0.15) is 56.3 Å². The Morgan fingerprint density at radius 3 is 2.60 bits per heavy atom. The van der Waals surface area contributed by atoms with Gasteiger partial charge >= 0.3 is 0 Å². The highest BCUT2D eigenvalue weighted by molar-refractivity contribution is 5.82. The summed E-state index contributed by atoms with van der Waals surface area (Å²) in [6.07, 6.45) is 4.50. The largest absolute Gasteiger partial charge is 0.387 e. The Kier molecular flexibility index (Phi) is 4.81. The summed E-state index contributed by atoms with van der Waals surface area (Å²) in [7, 11) is 0.